The first-order chi connectivity index (χ1) is 14.5. The van der Waals surface area contributed by atoms with Crippen molar-refractivity contribution in [3.63, 3.8) is 0 Å². The number of piperazine rings is 1. The summed E-state index contributed by atoms with van der Waals surface area (Å²) in [6.45, 7) is 1.96. The van der Waals surface area contributed by atoms with Crippen LogP contribution in [-0.4, -0.2) is 63.3 Å². The number of hydrogen-bond donors (Lipinski definition) is 0. The molecule has 0 amide bonds. The molecular formula is C20H22N4O4S2. The quantitative estimate of drug-likeness (QED) is 0.576. The molecule has 158 valence electrons. The van der Waals surface area contributed by atoms with Crippen molar-refractivity contribution in [2.45, 2.75) is 4.21 Å². The average molecular weight is 447 g/mol. The summed E-state index contributed by atoms with van der Waals surface area (Å²) < 4.78 is 37.9. The number of benzene rings is 1. The molecule has 4 rings (SSSR count). The normalized spacial score (nSPS) is 15.2. The fourth-order valence-corrected chi connectivity index (χ4v) is 5.91. The van der Waals surface area contributed by atoms with Crippen LogP contribution >= 0.6 is 11.3 Å². The number of methoxy groups -OCH3 is 2. The van der Waals surface area contributed by atoms with Crippen LogP contribution in [0.2, 0.25) is 0 Å². The summed E-state index contributed by atoms with van der Waals surface area (Å²) >= 11 is 1.24. The Hall–Kier alpha value is -2.69. The van der Waals surface area contributed by atoms with Crippen molar-refractivity contribution in [3.05, 3.63) is 47.8 Å². The molecular weight excluding hydrogens is 424 g/mol. The van der Waals surface area contributed by atoms with E-state index in [1.807, 2.05) is 35.2 Å². The molecule has 0 bridgehead atoms. The highest BCUT2D eigenvalue weighted by molar-refractivity contribution is 7.91. The van der Waals surface area contributed by atoms with Crippen molar-refractivity contribution in [2.75, 3.05) is 45.3 Å². The Balaban J connectivity index is 1.44. The molecule has 0 aliphatic carbocycles. The number of ether oxygens (including phenoxy) is 2. The van der Waals surface area contributed by atoms with Gasteiger partial charge in [0.1, 0.15) is 4.21 Å². The maximum atomic E-state index is 12.7. The van der Waals surface area contributed by atoms with Gasteiger partial charge in [-0.1, -0.05) is 6.07 Å². The minimum atomic E-state index is -3.41. The van der Waals surface area contributed by atoms with Crippen LogP contribution in [0.25, 0.3) is 11.3 Å². The topological polar surface area (TPSA) is 84.9 Å². The molecule has 0 spiro atoms. The zero-order chi connectivity index (χ0) is 21.1. The smallest absolute Gasteiger partial charge is 0.252 e. The minimum absolute atomic E-state index is 0.384. The number of rotatable bonds is 6. The largest absolute Gasteiger partial charge is 0.493 e. The highest BCUT2D eigenvalue weighted by Crippen LogP contribution is 2.31. The van der Waals surface area contributed by atoms with Crippen molar-refractivity contribution < 1.29 is 17.9 Å². The van der Waals surface area contributed by atoms with Crippen LogP contribution in [-0.2, 0) is 10.0 Å². The van der Waals surface area contributed by atoms with Crippen molar-refractivity contribution in [1.29, 1.82) is 0 Å². The first kappa shape index (κ1) is 20.6. The van der Waals surface area contributed by atoms with Gasteiger partial charge >= 0.3 is 0 Å². The van der Waals surface area contributed by atoms with Gasteiger partial charge in [0.2, 0.25) is 0 Å². The third-order valence-corrected chi connectivity index (χ3v) is 8.25. The van der Waals surface area contributed by atoms with Gasteiger partial charge in [-0.05, 0) is 41.8 Å². The number of nitrogens with zero attached hydrogens (tertiary/aromatic N) is 4. The lowest BCUT2D eigenvalue weighted by Gasteiger charge is -2.34. The number of hydrogen-bond acceptors (Lipinski definition) is 8. The second-order valence-corrected chi connectivity index (χ2v) is 9.78. The van der Waals surface area contributed by atoms with Crippen molar-refractivity contribution in [2.24, 2.45) is 0 Å². The summed E-state index contributed by atoms with van der Waals surface area (Å²) in [4.78, 5) is 2.05. The zero-order valence-corrected chi connectivity index (χ0v) is 18.3. The van der Waals surface area contributed by atoms with Gasteiger partial charge < -0.3 is 14.4 Å². The SMILES string of the molecule is COc1ccc(-c2ccc(N3CCN(S(=O)(=O)c4cccs4)CC3)nn2)cc1OC. The van der Waals surface area contributed by atoms with Crippen LogP contribution in [0.5, 0.6) is 11.5 Å². The Morgan fingerprint density at radius 1 is 0.933 bits per heavy atom. The van der Waals surface area contributed by atoms with Gasteiger partial charge in [-0.3, -0.25) is 0 Å². The highest BCUT2D eigenvalue weighted by atomic mass is 32.2. The molecule has 1 aromatic carbocycles. The molecule has 3 aromatic rings. The first-order valence-corrected chi connectivity index (χ1v) is 11.7. The fraction of sp³-hybridized carbons (Fsp3) is 0.300. The van der Waals surface area contributed by atoms with E-state index in [4.69, 9.17) is 9.47 Å². The van der Waals surface area contributed by atoms with Crippen molar-refractivity contribution in [3.8, 4) is 22.8 Å². The van der Waals surface area contributed by atoms with Crippen LogP contribution in [0, 0.1) is 0 Å². The lowest BCUT2D eigenvalue weighted by atomic mass is 10.1. The van der Waals surface area contributed by atoms with E-state index >= 15 is 0 Å². The van der Waals surface area contributed by atoms with Crippen LogP contribution in [0.15, 0.2) is 52.1 Å². The van der Waals surface area contributed by atoms with Gasteiger partial charge in [-0.2, -0.15) is 4.31 Å². The van der Waals surface area contributed by atoms with Crippen LogP contribution < -0.4 is 14.4 Å². The molecule has 1 fully saturated rings. The molecule has 3 heterocycles. The monoisotopic (exact) mass is 446 g/mol. The van der Waals surface area contributed by atoms with E-state index in [1.54, 1.807) is 31.7 Å². The Morgan fingerprint density at radius 2 is 1.70 bits per heavy atom. The molecule has 2 aromatic heterocycles. The van der Waals surface area contributed by atoms with Gasteiger partial charge in [0, 0.05) is 31.7 Å². The maximum Gasteiger partial charge on any atom is 0.252 e. The number of thiophene rings is 1. The second kappa shape index (κ2) is 8.58. The minimum Gasteiger partial charge on any atom is -0.493 e. The van der Waals surface area contributed by atoms with E-state index in [1.165, 1.54) is 15.6 Å². The van der Waals surface area contributed by atoms with Crippen LogP contribution in [0.4, 0.5) is 5.82 Å². The van der Waals surface area contributed by atoms with Crippen LogP contribution in [0.1, 0.15) is 0 Å². The maximum absolute atomic E-state index is 12.7. The average Bonchev–Trinajstić information content (AvgIpc) is 3.35. The first-order valence-electron chi connectivity index (χ1n) is 9.37. The molecule has 0 radical (unpaired) electrons. The lowest BCUT2D eigenvalue weighted by molar-refractivity contribution is 0.355. The van der Waals surface area contributed by atoms with E-state index in [9.17, 15) is 8.42 Å². The summed E-state index contributed by atoms with van der Waals surface area (Å²) in [7, 11) is -0.226. The molecule has 0 N–H and O–H groups in total. The lowest BCUT2D eigenvalue weighted by Crippen LogP contribution is -2.48. The number of aromatic nitrogens is 2. The van der Waals surface area contributed by atoms with Gasteiger partial charge in [-0.25, -0.2) is 8.42 Å². The third kappa shape index (κ3) is 3.98. The van der Waals surface area contributed by atoms with Gasteiger partial charge in [0.15, 0.2) is 17.3 Å². The van der Waals surface area contributed by atoms with Crippen LogP contribution in [0.3, 0.4) is 0 Å². The molecule has 1 aliphatic rings. The predicted molar refractivity (Wildman–Crippen MR) is 116 cm³/mol. The highest BCUT2D eigenvalue weighted by Gasteiger charge is 2.29. The van der Waals surface area contributed by atoms with Crippen molar-refractivity contribution in [1.82, 2.24) is 14.5 Å². The Labute approximate surface area is 179 Å². The van der Waals surface area contributed by atoms with Gasteiger partial charge in [-0.15, -0.1) is 21.5 Å². The molecule has 0 unspecified atom stereocenters. The summed E-state index contributed by atoms with van der Waals surface area (Å²) in [6, 6.07) is 12.8. The van der Waals surface area contributed by atoms with Gasteiger partial charge in [0.05, 0.1) is 19.9 Å². The third-order valence-electron chi connectivity index (χ3n) is 4.98. The molecule has 0 saturated carbocycles. The van der Waals surface area contributed by atoms with E-state index in [-0.39, 0.29) is 0 Å². The van der Waals surface area contributed by atoms with E-state index in [2.05, 4.69) is 10.2 Å². The van der Waals surface area contributed by atoms with Crippen molar-refractivity contribution >= 4 is 27.2 Å². The molecule has 1 saturated heterocycles. The fourth-order valence-electron chi connectivity index (χ4n) is 3.34. The van der Waals surface area contributed by atoms with Gasteiger partial charge in [0.25, 0.3) is 10.0 Å². The Morgan fingerprint density at radius 3 is 2.30 bits per heavy atom. The number of sulfonamides is 1. The molecule has 30 heavy (non-hydrogen) atoms. The second-order valence-electron chi connectivity index (χ2n) is 6.67. The zero-order valence-electron chi connectivity index (χ0n) is 16.7. The molecule has 1 aliphatic heterocycles. The summed E-state index contributed by atoms with van der Waals surface area (Å²) in [5, 5.41) is 10.5. The molecule has 10 heteroatoms. The molecule has 8 nitrogen and oxygen atoms in total. The predicted octanol–water partition coefficient (Wildman–Crippen LogP) is 2.73. The molecule has 0 atom stereocenters. The van der Waals surface area contributed by atoms with E-state index in [0.717, 1.165) is 17.1 Å². The number of anilines is 1. The van der Waals surface area contributed by atoms with E-state index < -0.39 is 10.0 Å². The standard InChI is InChI=1S/C20H22N4O4S2/c1-27-17-7-5-15(14-18(17)28-2)16-6-8-19(22-21-16)23-9-11-24(12-10-23)30(25,26)20-4-3-13-29-20/h3-8,13-14H,9-12H2,1-2H3. The van der Waals surface area contributed by atoms with E-state index in [0.29, 0.717) is 41.9 Å². The Bertz CT molecular complexity index is 1090. The summed E-state index contributed by atoms with van der Waals surface area (Å²) in [5.41, 5.74) is 1.59. The summed E-state index contributed by atoms with van der Waals surface area (Å²) in [6.07, 6.45) is 0. The summed E-state index contributed by atoms with van der Waals surface area (Å²) in [5.74, 6) is 2.01. The Kier molecular flexibility index (Phi) is 5.89.